The van der Waals surface area contributed by atoms with Gasteiger partial charge in [-0.2, -0.15) is 0 Å². The highest BCUT2D eigenvalue weighted by Gasteiger charge is 1.86. The van der Waals surface area contributed by atoms with Gasteiger partial charge in [-0.3, -0.25) is 0 Å². The summed E-state index contributed by atoms with van der Waals surface area (Å²) in [6.45, 7) is 6.96. The molecule has 0 atom stereocenters. The third-order valence-corrected chi connectivity index (χ3v) is 1.26. The fraction of sp³-hybridized carbons (Fsp3) is 0.750. The first-order valence-electron chi connectivity index (χ1n) is 3.77. The number of allylic oxidation sites excluding steroid dienone is 1. The minimum absolute atomic E-state index is 0.313. The average molecular weight is 143 g/mol. The first-order valence-corrected chi connectivity index (χ1v) is 3.77. The number of rotatable bonds is 6. The van der Waals surface area contributed by atoms with Crippen molar-refractivity contribution < 1.29 is 5.11 Å². The van der Waals surface area contributed by atoms with Gasteiger partial charge in [0.05, 0.1) is 0 Å². The molecule has 0 aromatic heterocycles. The monoisotopic (exact) mass is 143 g/mol. The third kappa shape index (κ3) is 7.50. The maximum absolute atomic E-state index is 8.44. The Bertz CT molecular complexity index is 91.3. The fourth-order valence-electron chi connectivity index (χ4n) is 0.715. The van der Waals surface area contributed by atoms with Gasteiger partial charge >= 0.3 is 0 Å². The van der Waals surface area contributed by atoms with Crippen LogP contribution < -0.4 is 5.32 Å². The van der Waals surface area contributed by atoms with E-state index in [4.69, 9.17) is 5.11 Å². The Morgan fingerprint density at radius 2 is 2.10 bits per heavy atom. The second kappa shape index (κ2) is 6.62. The Kier molecular flexibility index (Phi) is 6.29. The van der Waals surface area contributed by atoms with Crippen molar-refractivity contribution in [2.45, 2.75) is 26.2 Å². The van der Waals surface area contributed by atoms with Gasteiger partial charge in [-0.25, -0.2) is 0 Å². The first-order chi connectivity index (χ1) is 4.77. The van der Waals surface area contributed by atoms with Crippen LogP contribution >= 0.6 is 0 Å². The maximum Gasteiger partial charge on any atom is 0.0431 e. The summed E-state index contributed by atoms with van der Waals surface area (Å²) in [5, 5.41) is 11.6. The summed E-state index contributed by atoms with van der Waals surface area (Å²) in [6.07, 6.45) is 3.13. The van der Waals surface area contributed by atoms with Crippen molar-refractivity contribution in [2.24, 2.45) is 0 Å². The van der Waals surface area contributed by atoms with Crippen LogP contribution in [0, 0.1) is 0 Å². The molecular weight excluding hydrogens is 126 g/mol. The molecule has 0 amide bonds. The van der Waals surface area contributed by atoms with E-state index in [0.717, 1.165) is 31.5 Å². The second-order valence-corrected chi connectivity index (χ2v) is 2.49. The van der Waals surface area contributed by atoms with E-state index in [2.05, 4.69) is 11.9 Å². The number of hydrogen-bond donors (Lipinski definition) is 2. The van der Waals surface area contributed by atoms with E-state index in [-0.39, 0.29) is 0 Å². The van der Waals surface area contributed by atoms with E-state index in [9.17, 15) is 0 Å². The zero-order chi connectivity index (χ0) is 7.82. The maximum atomic E-state index is 8.44. The lowest BCUT2D eigenvalue weighted by Crippen LogP contribution is -2.11. The van der Waals surface area contributed by atoms with Gasteiger partial charge in [0, 0.05) is 18.8 Å². The molecule has 10 heavy (non-hydrogen) atoms. The Morgan fingerprint density at radius 1 is 1.40 bits per heavy atom. The Labute approximate surface area is 62.9 Å². The van der Waals surface area contributed by atoms with E-state index >= 15 is 0 Å². The van der Waals surface area contributed by atoms with Crippen LogP contribution in [0.4, 0.5) is 0 Å². The molecule has 2 heteroatoms. The van der Waals surface area contributed by atoms with Crippen molar-refractivity contribution >= 4 is 0 Å². The predicted molar refractivity (Wildman–Crippen MR) is 43.8 cm³/mol. The molecule has 2 nitrogen and oxygen atoms in total. The van der Waals surface area contributed by atoms with E-state index in [1.165, 1.54) is 0 Å². The smallest absolute Gasteiger partial charge is 0.0431 e. The highest BCUT2D eigenvalue weighted by Crippen LogP contribution is 1.92. The minimum atomic E-state index is 0.313. The average Bonchev–Trinajstić information content (AvgIpc) is 1.87. The summed E-state index contributed by atoms with van der Waals surface area (Å²) in [6, 6.07) is 0. The van der Waals surface area contributed by atoms with Crippen molar-refractivity contribution in [3.63, 3.8) is 0 Å². The molecule has 2 N–H and O–H groups in total. The molecule has 0 aromatic rings. The Balaban J connectivity index is 2.84. The molecule has 0 bridgehead atoms. The van der Waals surface area contributed by atoms with Gasteiger partial charge in [-0.1, -0.05) is 6.58 Å². The molecule has 0 unspecified atom stereocenters. The second-order valence-electron chi connectivity index (χ2n) is 2.49. The minimum Gasteiger partial charge on any atom is -0.396 e. The van der Waals surface area contributed by atoms with Gasteiger partial charge in [0.1, 0.15) is 0 Å². The van der Waals surface area contributed by atoms with Gasteiger partial charge < -0.3 is 10.4 Å². The number of aliphatic hydroxyl groups excluding tert-OH is 1. The van der Waals surface area contributed by atoms with Gasteiger partial charge in [0.25, 0.3) is 0 Å². The summed E-state index contributed by atoms with van der Waals surface area (Å²) in [5.41, 5.74) is 1.02. The largest absolute Gasteiger partial charge is 0.396 e. The van der Waals surface area contributed by atoms with Crippen LogP contribution in [0.25, 0.3) is 0 Å². The molecule has 0 radical (unpaired) electrons. The van der Waals surface area contributed by atoms with Gasteiger partial charge in [0.15, 0.2) is 0 Å². The summed E-state index contributed by atoms with van der Waals surface area (Å²) in [5.74, 6) is 0. The lowest BCUT2D eigenvalue weighted by atomic mass is 10.2. The number of hydrogen-bond acceptors (Lipinski definition) is 2. The van der Waals surface area contributed by atoms with Crippen LogP contribution in [0.15, 0.2) is 12.3 Å². The van der Waals surface area contributed by atoms with Gasteiger partial charge in [0.2, 0.25) is 0 Å². The van der Waals surface area contributed by atoms with Crippen LogP contribution in [-0.4, -0.2) is 18.3 Å². The van der Waals surface area contributed by atoms with Crippen LogP contribution in [0.2, 0.25) is 0 Å². The highest BCUT2D eigenvalue weighted by molar-refractivity contribution is 4.83. The number of nitrogens with one attached hydrogen (secondary N) is 1. The summed E-state index contributed by atoms with van der Waals surface area (Å²) >= 11 is 0. The molecule has 60 valence electrons. The van der Waals surface area contributed by atoms with Crippen LogP contribution in [-0.2, 0) is 0 Å². The molecule has 0 aliphatic heterocycles. The van der Waals surface area contributed by atoms with Crippen molar-refractivity contribution in [2.75, 3.05) is 13.2 Å². The van der Waals surface area contributed by atoms with E-state index in [1.807, 2.05) is 6.92 Å². The lowest BCUT2D eigenvalue weighted by Gasteiger charge is -2.02. The standard InChI is InChI=1S/C8H17NO/c1-8(2)9-6-4-3-5-7-10/h9-10H,1,3-7H2,2H3. The Hall–Kier alpha value is -0.500. The molecule has 0 heterocycles. The van der Waals surface area contributed by atoms with Crippen molar-refractivity contribution in [1.29, 1.82) is 0 Å². The molecule has 0 saturated heterocycles. The topological polar surface area (TPSA) is 32.3 Å². The van der Waals surface area contributed by atoms with Crippen LogP contribution in [0.5, 0.6) is 0 Å². The number of unbranched alkanes of at least 4 members (excludes halogenated alkanes) is 2. The third-order valence-electron chi connectivity index (χ3n) is 1.26. The number of aliphatic hydroxyl groups is 1. The van der Waals surface area contributed by atoms with Crippen molar-refractivity contribution in [3.05, 3.63) is 12.3 Å². The summed E-state index contributed by atoms with van der Waals surface area (Å²) < 4.78 is 0. The normalized spacial score (nSPS) is 9.40. The van der Waals surface area contributed by atoms with Crippen molar-refractivity contribution in [3.8, 4) is 0 Å². The summed E-state index contributed by atoms with van der Waals surface area (Å²) in [7, 11) is 0. The first kappa shape index (κ1) is 9.50. The molecule has 0 fully saturated rings. The predicted octanol–water partition coefficient (Wildman–Crippen LogP) is 1.27. The van der Waals surface area contributed by atoms with Crippen LogP contribution in [0.1, 0.15) is 26.2 Å². The molecule has 0 aliphatic carbocycles. The van der Waals surface area contributed by atoms with E-state index < -0.39 is 0 Å². The summed E-state index contributed by atoms with van der Waals surface area (Å²) in [4.78, 5) is 0. The van der Waals surface area contributed by atoms with Crippen molar-refractivity contribution in [1.82, 2.24) is 5.32 Å². The molecule has 0 spiro atoms. The zero-order valence-corrected chi connectivity index (χ0v) is 6.69. The van der Waals surface area contributed by atoms with E-state index in [1.54, 1.807) is 0 Å². The molecule has 0 aromatic carbocycles. The molecule has 0 aliphatic rings. The van der Waals surface area contributed by atoms with Crippen LogP contribution in [0.3, 0.4) is 0 Å². The van der Waals surface area contributed by atoms with E-state index in [0.29, 0.717) is 6.61 Å². The van der Waals surface area contributed by atoms with Gasteiger partial charge in [-0.15, -0.1) is 0 Å². The molecule has 0 rings (SSSR count). The molecule has 0 saturated carbocycles. The molecular formula is C8H17NO. The van der Waals surface area contributed by atoms with Gasteiger partial charge in [-0.05, 0) is 26.2 Å². The lowest BCUT2D eigenvalue weighted by molar-refractivity contribution is 0.283. The Morgan fingerprint density at radius 3 is 2.60 bits per heavy atom. The zero-order valence-electron chi connectivity index (χ0n) is 6.69. The highest BCUT2D eigenvalue weighted by atomic mass is 16.2. The quantitative estimate of drug-likeness (QED) is 0.549. The SMILES string of the molecule is C=C(C)NCCCCCO. The fourth-order valence-corrected chi connectivity index (χ4v) is 0.715.